The van der Waals surface area contributed by atoms with Crippen LogP contribution < -0.4 is 5.73 Å². The highest BCUT2D eigenvalue weighted by atomic mass is 32.2. The van der Waals surface area contributed by atoms with Crippen molar-refractivity contribution < 1.29 is 9.63 Å². The number of phenolic OH excluding ortho intramolecular Hbond substituents is 1. The molecule has 3 N–H and O–H groups in total. The molecule has 0 aliphatic heterocycles. The van der Waals surface area contributed by atoms with E-state index in [1.165, 1.54) is 6.07 Å². The minimum atomic E-state index is 0.0209. The van der Waals surface area contributed by atoms with E-state index in [0.29, 0.717) is 23.0 Å². The third kappa shape index (κ3) is 2.95. The summed E-state index contributed by atoms with van der Waals surface area (Å²) in [6.07, 6.45) is 1.13. The second kappa shape index (κ2) is 5.77. The maximum absolute atomic E-state index is 9.52. The van der Waals surface area contributed by atoms with Crippen molar-refractivity contribution in [2.45, 2.75) is 19.1 Å². The lowest BCUT2D eigenvalue weighted by Crippen LogP contribution is -1.87. The Labute approximate surface area is 109 Å². The molecule has 0 aliphatic rings. The van der Waals surface area contributed by atoms with E-state index in [4.69, 9.17) is 10.3 Å². The number of aromatic nitrogens is 2. The Balaban J connectivity index is 2.11. The first-order valence-electron chi connectivity index (χ1n) is 5.70. The molecule has 1 aromatic heterocycles. The van der Waals surface area contributed by atoms with Crippen LogP contribution in [0.5, 0.6) is 5.75 Å². The highest BCUT2D eigenvalue weighted by molar-refractivity contribution is 7.98. The number of nitrogens with two attached hydrogens (primary N) is 1. The van der Waals surface area contributed by atoms with E-state index < -0.39 is 0 Å². The van der Waals surface area contributed by atoms with Gasteiger partial charge in [0.05, 0.1) is 11.4 Å². The zero-order chi connectivity index (χ0) is 13.0. The fourth-order valence-electron chi connectivity index (χ4n) is 1.41. The van der Waals surface area contributed by atoms with E-state index in [9.17, 15) is 5.11 Å². The average molecular weight is 265 g/mol. The van der Waals surface area contributed by atoms with Crippen LogP contribution in [-0.4, -0.2) is 21.0 Å². The topological polar surface area (TPSA) is 85.2 Å². The lowest BCUT2D eigenvalue weighted by Gasteiger charge is -1.99. The summed E-state index contributed by atoms with van der Waals surface area (Å²) in [5, 5.41) is 13.4. The molecule has 0 fully saturated rings. The lowest BCUT2D eigenvalue weighted by molar-refractivity contribution is 0.424. The number of phenols is 1. The van der Waals surface area contributed by atoms with Crippen molar-refractivity contribution in [2.24, 2.45) is 0 Å². The summed E-state index contributed by atoms with van der Waals surface area (Å²) >= 11 is 1.77. The van der Waals surface area contributed by atoms with Crippen molar-refractivity contribution in [3.8, 4) is 17.2 Å². The van der Waals surface area contributed by atoms with Crippen LogP contribution in [0.2, 0.25) is 0 Å². The molecule has 1 heterocycles. The zero-order valence-electron chi connectivity index (χ0n) is 10.1. The third-order valence-corrected chi connectivity index (χ3v) is 3.48. The van der Waals surface area contributed by atoms with Gasteiger partial charge in [-0.1, -0.05) is 12.1 Å². The first-order valence-corrected chi connectivity index (χ1v) is 6.85. The van der Waals surface area contributed by atoms with Crippen molar-refractivity contribution in [2.75, 3.05) is 11.5 Å². The third-order valence-electron chi connectivity index (χ3n) is 2.33. The maximum atomic E-state index is 9.52. The molecular weight excluding hydrogens is 250 g/mol. The van der Waals surface area contributed by atoms with Gasteiger partial charge in [-0.15, -0.1) is 0 Å². The number of rotatable bonds is 5. The van der Waals surface area contributed by atoms with Crippen molar-refractivity contribution in [3.05, 3.63) is 24.0 Å². The van der Waals surface area contributed by atoms with Gasteiger partial charge in [0.15, 0.2) is 5.82 Å². The molecule has 6 heteroatoms. The number of nitrogens with zero attached hydrogens (tertiary/aromatic N) is 2. The summed E-state index contributed by atoms with van der Waals surface area (Å²) in [5.41, 5.74) is 6.53. The minimum absolute atomic E-state index is 0.0209. The van der Waals surface area contributed by atoms with Crippen molar-refractivity contribution in [1.82, 2.24) is 10.1 Å². The summed E-state index contributed by atoms with van der Waals surface area (Å²) in [5.74, 6) is 2.90. The van der Waals surface area contributed by atoms with Crippen LogP contribution in [0, 0.1) is 0 Å². The van der Waals surface area contributed by atoms with Crippen LogP contribution in [0.15, 0.2) is 22.7 Å². The monoisotopic (exact) mass is 265 g/mol. The van der Waals surface area contributed by atoms with Gasteiger partial charge in [0.1, 0.15) is 5.75 Å². The van der Waals surface area contributed by atoms with E-state index in [1.54, 1.807) is 23.9 Å². The lowest BCUT2D eigenvalue weighted by atomic mass is 10.2. The van der Waals surface area contributed by atoms with Gasteiger partial charge in [0.25, 0.3) is 5.89 Å². The van der Waals surface area contributed by atoms with Gasteiger partial charge in [0.2, 0.25) is 0 Å². The summed E-state index contributed by atoms with van der Waals surface area (Å²) in [6.45, 7) is 2.13. The maximum Gasteiger partial charge on any atom is 0.258 e. The molecule has 0 aliphatic carbocycles. The Morgan fingerprint density at radius 3 is 3.00 bits per heavy atom. The van der Waals surface area contributed by atoms with Crippen LogP contribution in [0.3, 0.4) is 0 Å². The van der Waals surface area contributed by atoms with Crippen molar-refractivity contribution in [3.63, 3.8) is 0 Å². The van der Waals surface area contributed by atoms with E-state index in [1.807, 2.05) is 0 Å². The molecule has 5 nitrogen and oxygen atoms in total. The molecule has 0 spiro atoms. The molecule has 1 aromatic carbocycles. The SMILES string of the molecule is CCCSCc1noc(-c2ccc(N)c(O)c2)n1. The number of anilines is 1. The molecular formula is C12H15N3O2S. The summed E-state index contributed by atoms with van der Waals surface area (Å²) in [7, 11) is 0. The first-order chi connectivity index (χ1) is 8.70. The number of thioether (sulfide) groups is 1. The van der Waals surface area contributed by atoms with Gasteiger partial charge in [-0.05, 0) is 30.4 Å². The van der Waals surface area contributed by atoms with Crippen LogP contribution in [-0.2, 0) is 5.75 Å². The average Bonchev–Trinajstić information content (AvgIpc) is 2.82. The molecule has 18 heavy (non-hydrogen) atoms. The Kier molecular flexibility index (Phi) is 4.09. The van der Waals surface area contributed by atoms with Gasteiger partial charge >= 0.3 is 0 Å². The summed E-state index contributed by atoms with van der Waals surface area (Å²) in [6, 6.07) is 4.87. The second-order valence-electron chi connectivity index (χ2n) is 3.84. The van der Waals surface area contributed by atoms with Gasteiger partial charge < -0.3 is 15.4 Å². The molecule has 0 bridgehead atoms. The number of hydrogen-bond acceptors (Lipinski definition) is 6. The van der Waals surface area contributed by atoms with Crippen molar-refractivity contribution >= 4 is 17.4 Å². The standard InChI is InChI=1S/C12H15N3O2S/c1-2-5-18-7-11-14-12(17-15-11)8-3-4-9(13)10(16)6-8/h3-4,6,16H,2,5,7,13H2,1H3. The van der Waals surface area contributed by atoms with E-state index in [0.717, 1.165) is 17.9 Å². The number of hydrogen-bond donors (Lipinski definition) is 2. The quantitative estimate of drug-likeness (QED) is 0.491. The normalized spacial score (nSPS) is 10.7. The Morgan fingerprint density at radius 2 is 2.28 bits per heavy atom. The van der Waals surface area contributed by atoms with E-state index in [2.05, 4.69) is 17.1 Å². The summed E-state index contributed by atoms with van der Waals surface area (Å²) < 4.78 is 5.15. The molecule has 2 rings (SSSR count). The number of aromatic hydroxyl groups is 1. The van der Waals surface area contributed by atoms with Crippen LogP contribution in [0.4, 0.5) is 5.69 Å². The molecule has 0 amide bonds. The molecule has 0 unspecified atom stereocenters. The number of benzene rings is 1. The zero-order valence-corrected chi connectivity index (χ0v) is 10.9. The van der Waals surface area contributed by atoms with Crippen molar-refractivity contribution in [1.29, 1.82) is 0 Å². The first kappa shape index (κ1) is 12.8. The van der Waals surface area contributed by atoms with Crippen LogP contribution in [0.1, 0.15) is 19.2 Å². The fraction of sp³-hybridized carbons (Fsp3) is 0.333. The predicted molar refractivity (Wildman–Crippen MR) is 72.3 cm³/mol. The Bertz CT molecular complexity index is 528. The number of nitrogen functional groups attached to an aromatic ring is 1. The van der Waals surface area contributed by atoms with E-state index in [-0.39, 0.29) is 5.75 Å². The minimum Gasteiger partial charge on any atom is -0.506 e. The van der Waals surface area contributed by atoms with E-state index >= 15 is 0 Å². The Hall–Kier alpha value is -1.69. The molecule has 0 atom stereocenters. The van der Waals surface area contributed by atoms with Crippen LogP contribution >= 0.6 is 11.8 Å². The second-order valence-corrected chi connectivity index (χ2v) is 4.95. The predicted octanol–water partition coefficient (Wildman–Crippen LogP) is 2.67. The molecule has 0 saturated carbocycles. The molecule has 2 aromatic rings. The van der Waals surface area contributed by atoms with Gasteiger partial charge in [-0.3, -0.25) is 0 Å². The van der Waals surface area contributed by atoms with Gasteiger partial charge in [-0.2, -0.15) is 16.7 Å². The highest BCUT2D eigenvalue weighted by Gasteiger charge is 2.10. The van der Waals surface area contributed by atoms with Gasteiger partial charge in [-0.25, -0.2) is 0 Å². The fourth-order valence-corrected chi connectivity index (χ4v) is 2.15. The van der Waals surface area contributed by atoms with Crippen LogP contribution in [0.25, 0.3) is 11.5 Å². The van der Waals surface area contributed by atoms with Gasteiger partial charge in [0, 0.05) is 5.56 Å². The highest BCUT2D eigenvalue weighted by Crippen LogP contribution is 2.27. The molecule has 0 radical (unpaired) electrons. The molecule has 0 saturated heterocycles. The smallest absolute Gasteiger partial charge is 0.258 e. The largest absolute Gasteiger partial charge is 0.506 e. The Morgan fingerprint density at radius 1 is 1.44 bits per heavy atom. The summed E-state index contributed by atoms with van der Waals surface area (Å²) in [4.78, 5) is 4.27. The molecule has 96 valence electrons.